The number of amides is 1. The second-order valence-corrected chi connectivity index (χ2v) is 5.04. The van der Waals surface area contributed by atoms with Crippen LogP contribution < -0.4 is 4.74 Å². The van der Waals surface area contributed by atoms with Crippen molar-refractivity contribution in [3.8, 4) is 5.75 Å². The maximum absolute atomic E-state index is 12.6. The van der Waals surface area contributed by atoms with Gasteiger partial charge in [-0.05, 0) is 24.6 Å². The number of hydrogen-bond donors (Lipinski definition) is 1. The zero-order valence-electron chi connectivity index (χ0n) is 12.7. The number of carbonyl (C=O) groups is 2. The maximum Gasteiger partial charge on any atom is 0.323 e. The van der Waals surface area contributed by atoms with Gasteiger partial charge in [-0.25, -0.2) is 0 Å². The molecule has 0 unspecified atom stereocenters. The van der Waals surface area contributed by atoms with E-state index in [4.69, 9.17) is 26.2 Å². The zero-order chi connectivity index (χ0) is 16.5. The molecule has 0 atom stereocenters. The van der Waals surface area contributed by atoms with E-state index < -0.39 is 11.9 Å². The maximum atomic E-state index is 12.6. The van der Waals surface area contributed by atoms with E-state index in [2.05, 4.69) is 0 Å². The second kappa shape index (κ2) is 9.27. The third-order valence-electron chi connectivity index (χ3n) is 2.82. The fourth-order valence-electron chi connectivity index (χ4n) is 1.89. The number of benzene rings is 1. The lowest BCUT2D eigenvalue weighted by molar-refractivity contribution is -0.137. The Morgan fingerprint density at radius 1 is 1.32 bits per heavy atom. The highest BCUT2D eigenvalue weighted by Gasteiger charge is 2.21. The molecule has 122 valence electrons. The summed E-state index contributed by atoms with van der Waals surface area (Å²) in [5.74, 6) is -1.12. The average Bonchev–Trinajstić information content (AvgIpc) is 2.47. The van der Waals surface area contributed by atoms with Gasteiger partial charge in [0, 0.05) is 18.7 Å². The highest BCUT2D eigenvalue weighted by molar-refractivity contribution is 6.31. The van der Waals surface area contributed by atoms with Gasteiger partial charge in [0.1, 0.15) is 18.9 Å². The Hall–Kier alpha value is -1.79. The van der Waals surface area contributed by atoms with Crippen molar-refractivity contribution in [2.45, 2.75) is 13.3 Å². The molecule has 0 radical (unpaired) electrons. The lowest BCUT2D eigenvalue weighted by atomic mass is 10.1. The van der Waals surface area contributed by atoms with E-state index >= 15 is 0 Å². The number of ether oxygens (including phenoxy) is 2. The number of carboxylic acids is 1. The van der Waals surface area contributed by atoms with Gasteiger partial charge >= 0.3 is 5.97 Å². The Morgan fingerprint density at radius 3 is 2.64 bits per heavy atom. The minimum Gasteiger partial charge on any atom is -0.490 e. The Labute approximate surface area is 134 Å². The third kappa shape index (κ3) is 5.54. The third-order valence-corrected chi connectivity index (χ3v) is 3.06. The largest absolute Gasteiger partial charge is 0.490 e. The molecule has 0 heterocycles. The number of carbonyl (C=O) groups excluding carboxylic acids is 1. The molecule has 1 rings (SSSR count). The summed E-state index contributed by atoms with van der Waals surface area (Å²) in [6.07, 6.45) is 0.652. The van der Waals surface area contributed by atoms with Crippen LogP contribution in [0.3, 0.4) is 0 Å². The first-order chi connectivity index (χ1) is 10.5. The standard InChI is InChI=1S/C15H20ClNO5/c1-3-6-17(10-14(18)19)15(20)12-9-11(16)4-5-13(12)22-8-7-21-2/h4-5,9H,3,6-8,10H2,1-2H3,(H,18,19). The zero-order valence-corrected chi connectivity index (χ0v) is 13.4. The highest BCUT2D eigenvalue weighted by atomic mass is 35.5. The molecule has 0 saturated carbocycles. The molecule has 1 amide bonds. The van der Waals surface area contributed by atoms with Crippen LogP contribution in [0.4, 0.5) is 0 Å². The van der Waals surface area contributed by atoms with Crippen molar-refractivity contribution < 1.29 is 24.2 Å². The highest BCUT2D eigenvalue weighted by Crippen LogP contribution is 2.24. The minimum atomic E-state index is -1.06. The van der Waals surface area contributed by atoms with Gasteiger partial charge in [-0.15, -0.1) is 0 Å². The average molecular weight is 330 g/mol. The van der Waals surface area contributed by atoms with Crippen LogP contribution in [0, 0.1) is 0 Å². The summed E-state index contributed by atoms with van der Waals surface area (Å²) < 4.78 is 10.4. The van der Waals surface area contributed by atoms with Crippen molar-refractivity contribution in [1.82, 2.24) is 4.90 Å². The molecular weight excluding hydrogens is 310 g/mol. The Kier molecular flexibility index (Phi) is 7.70. The number of rotatable bonds is 9. The molecule has 7 heteroatoms. The Bertz CT molecular complexity index is 521. The van der Waals surface area contributed by atoms with Crippen molar-refractivity contribution in [3.05, 3.63) is 28.8 Å². The van der Waals surface area contributed by atoms with Crippen molar-refractivity contribution in [2.75, 3.05) is 33.4 Å². The number of hydrogen-bond acceptors (Lipinski definition) is 4. The van der Waals surface area contributed by atoms with E-state index in [1.54, 1.807) is 19.2 Å². The number of carboxylic acid groups (broad SMARTS) is 1. The molecule has 0 spiro atoms. The van der Waals surface area contributed by atoms with Gasteiger partial charge in [0.15, 0.2) is 0 Å². The van der Waals surface area contributed by atoms with Crippen LogP contribution in [-0.2, 0) is 9.53 Å². The summed E-state index contributed by atoms with van der Waals surface area (Å²) in [7, 11) is 1.55. The topological polar surface area (TPSA) is 76.1 Å². The van der Waals surface area contributed by atoms with Crippen molar-refractivity contribution in [3.63, 3.8) is 0 Å². The lowest BCUT2D eigenvalue weighted by Gasteiger charge is -2.21. The van der Waals surface area contributed by atoms with E-state index in [1.807, 2.05) is 6.92 Å². The number of methoxy groups -OCH3 is 1. The Balaban J connectivity index is 3.01. The molecular formula is C15H20ClNO5. The van der Waals surface area contributed by atoms with Gasteiger partial charge in [-0.3, -0.25) is 9.59 Å². The fourth-order valence-corrected chi connectivity index (χ4v) is 2.06. The van der Waals surface area contributed by atoms with Crippen molar-refractivity contribution >= 4 is 23.5 Å². The predicted octanol–water partition coefficient (Wildman–Crippen LogP) is 2.30. The SMILES string of the molecule is CCCN(CC(=O)O)C(=O)c1cc(Cl)ccc1OCCOC. The van der Waals surface area contributed by atoms with E-state index in [0.29, 0.717) is 30.3 Å². The van der Waals surface area contributed by atoms with Crippen LogP contribution in [0.5, 0.6) is 5.75 Å². The summed E-state index contributed by atoms with van der Waals surface area (Å²) in [5.41, 5.74) is 0.248. The summed E-state index contributed by atoms with van der Waals surface area (Å²) in [6, 6.07) is 4.69. The monoisotopic (exact) mass is 329 g/mol. The molecule has 0 fully saturated rings. The molecule has 0 aliphatic heterocycles. The molecule has 0 aliphatic carbocycles. The van der Waals surface area contributed by atoms with Gasteiger partial charge in [0.05, 0.1) is 12.2 Å². The van der Waals surface area contributed by atoms with Crippen LogP contribution >= 0.6 is 11.6 Å². The van der Waals surface area contributed by atoms with Crippen LogP contribution in [-0.4, -0.2) is 55.3 Å². The van der Waals surface area contributed by atoms with Crippen LogP contribution in [0.25, 0.3) is 0 Å². The normalized spacial score (nSPS) is 10.3. The minimum absolute atomic E-state index is 0.248. The van der Waals surface area contributed by atoms with Gasteiger partial charge in [0.25, 0.3) is 5.91 Å². The van der Waals surface area contributed by atoms with Crippen LogP contribution in [0.15, 0.2) is 18.2 Å². The molecule has 1 N–H and O–H groups in total. The molecule has 0 bridgehead atoms. The summed E-state index contributed by atoms with van der Waals surface area (Å²) >= 11 is 5.94. The first-order valence-electron chi connectivity index (χ1n) is 6.92. The number of halogens is 1. The number of nitrogens with zero attached hydrogens (tertiary/aromatic N) is 1. The predicted molar refractivity (Wildman–Crippen MR) is 82.7 cm³/mol. The first kappa shape index (κ1) is 18.3. The molecule has 0 aromatic heterocycles. The second-order valence-electron chi connectivity index (χ2n) is 4.60. The number of aliphatic carboxylic acids is 1. The van der Waals surface area contributed by atoms with Gasteiger partial charge in [0.2, 0.25) is 0 Å². The molecule has 0 saturated heterocycles. The van der Waals surface area contributed by atoms with E-state index in [1.165, 1.54) is 11.0 Å². The summed E-state index contributed by atoms with van der Waals surface area (Å²) in [5, 5.41) is 9.32. The lowest BCUT2D eigenvalue weighted by Crippen LogP contribution is -2.36. The summed E-state index contributed by atoms with van der Waals surface area (Å²) in [4.78, 5) is 24.7. The van der Waals surface area contributed by atoms with Crippen molar-refractivity contribution in [1.29, 1.82) is 0 Å². The first-order valence-corrected chi connectivity index (χ1v) is 7.29. The smallest absolute Gasteiger partial charge is 0.323 e. The molecule has 6 nitrogen and oxygen atoms in total. The van der Waals surface area contributed by atoms with Crippen LogP contribution in [0.1, 0.15) is 23.7 Å². The van der Waals surface area contributed by atoms with Crippen LogP contribution in [0.2, 0.25) is 5.02 Å². The van der Waals surface area contributed by atoms with Gasteiger partial charge < -0.3 is 19.5 Å². The molecule has 22 heavy (non-hydrogen) atoms. The van der Waals surface area contributed by atoms with Gasteiger partial charge in [-0.1, -0.05) is 18.5 Å². The molecule has 1 aromatic carbocycles. The molecule has 1 aromatic rings. The summed E-state index contributed by atoms with van der Waals surface area (Å²) in [6.45, 7) is 2.51. The quantitative estimate of drug-likeness (QED) is 0.703. The van der Waals surface area contributed by atoms with E-state index in [9.17, 15) is 9.59 Å². The van der Waals surface area contributed by atoms with Crippen molar-refractivity contribution in [2.24, 2.45) is 0 Å². The fraction of sp³-hybridized carbons (Fsp3) is 0.467. The van der Waals surface area contributed by atoms with E-state index in [-0.39, 0.29) is 18.7 Å². The van der Waals surface area contributed by atoms with E-state index in [0.717, 1.165) is 0 Å². The molecule has 0 aliphatic rings. The Morgan fingerprint density at radius 2 is 2.05 bits per heavy atom. The van der Waals surface area contributed by atoms with Gasteiger partial charge in [-0.2, -0.15) is 0 Å².